The average Bonchev–Trinajstić information content (AvgIpc) is 2.47. The maximum absolute atomic E-state index is 6.02. The number of anilines is 1. The first kappa shape index (κ1) is 17.5. The Balaban J connectivity index is 2.55. The van der Waals surface area contributed by atoms with Crippen LogP contribution < -0.4 is 22.5 Å². The lowest BCUT2D eigenvalue weighted by molar-refractivity contribution is 0.848. The summed E-state index contributed by atoms with van der Waals surface area (Å²) in [7, 11) is 1.70. The molecule has 1 unspecified atom stereocenters. The predicted molar refractivity (Wildman–Crippen MR) is 94.4 cm³/mol. The standard InChI is InChI=1S/C15H25N7/c1-11(21-12-7-4-3-5-8-12)22-14(16)13(19-2)9-6-10-20-15(17)18/h3-5,7-8,11,21H,6,9-10H2,1-2H3,(H2,16,22)(H4,17,18,20). The molecule has 0 fully saturated rings. The normalized spacial score (nSPS) is 13.5. The smallest absolute Gasteiger partial charge is 0.185 e. The van der Waals surface area contributed by atoms with Gasteiger partial charge in [0.15, 0.2) is 5.96 Å². The number of aliphatic imine (C=N–C) groups is 3. The lowest BCUT2D eigenvalue weighted by Crippen LogP contribution is -2.28. The Morgan fingerprint density at radius 2 is 1.86 bits per heavy atom. The van der Waals surface area contributed by atoms with Gasteiger partial charge in [-0.15, -0.1) is 0 Å². The molecule has 0 bridgehead atoms. The third-order valence-electron chi connectivity index (χ3n) is 2.91. The number of rotatable bonds is 8. The number of nitrogens with zero attached hydrogens (tertiary/aromatic N) is 3. The van der Waals surface area contributed by atoms with Crippen LogP contribution in [0.4, 0.5) is 5.69 Å². The molecular formula is C15H25N7. The topological polar surface area (TPSA) is 127 Å². The second-order valence-corrected chi connectivity index (χ2v) is 4.78. The van der Waals surface area contributed by atoms with Crippen molar-refractivity contribution < 1.29 is 0 Å². The van der Waals surface area contributed by atoms with Crippen LogP contribution in [0.25, 0.3) is 0 Å². The number of benzene rings is 1. The van der Waals surface area contributed by atoms with E-state index in [0.717, 1.165) is 17.8 Å². The highest BCUT2D eigenvalue weighted by Gasteiger charge is 2.06. The Bertz CT molecular complexity index is 530. The average molecular weight is 303 g/mol. The number of amidine groups is 1. The number of hydrogen-bond acceptors (Lipinski definition) is 4. The Labute approximate surface area is 131 Å². The quantitative estimate of drug-likeness (QED) is 0.323. The van der Waals surface area contributed by atoms with Gasteiger partial charge in [-0.2, -0.15) is 0 Å². The third-order valence-corrected chi connectivity index (χ3v) is 2.91. The molecule has 1 aromatic rings. The van der Waals surface area contributed by atoms with E-state index < -0.39 is 0 Å². The molecule has 0 aliphatic heterocycles. The van der Waals surface area contributed by atoms with Crippen LogP contribution in [-0.2, 0) is 0 Å². The van der Waals surface area contributed by atoms with Gasteiger partial charge < -0.3 is 22.5 Å². The summed E-state index contributed by atoms with van der Waals surface area (Å²) in [4.78, 5) is 12.5. The molecule has 0 spiro atoms. The minimum Gasteiger partial charge on any atom is -0.382 e. The zero-order valence-corrected chi connectivity index (χ0v) is 13.2. The summed E-state index contributed by atoms with van der Waals surface area (Å²) in [5, 5.41) is 3.26. The fraction of sp³-hybridized carbons (Fsp3) is 0.400. The van der Waals surface area contributed by atoms with Crippen molar-refractivity contribution in [3.63, 3.8) is 0 Å². The Kier molecular flexibility index (Phi) is 7.45. The molecule has 0 aliphatic rings. The van der Waals surface area contributed by atoms with E-state index in [0.29, 0.717) is 18.8 Å². The molecule has 0 aromatic heterocycles. The van der Waals surface area contributed by atoms with Gasteiger partial charge >= 0.3 is 0 Å². The van der Waals surface area contributed by atoms with Gasteiger partial charge in [0.25, 0.3) is 0 Å². The van der Waals surface area contributed by atoms with Gasteiger partial charge in [-0.1, -0.05) is 18.2 Å². The summed E-state index contributed by atoms with van der Waals surface area (Å²) in [5.41, 5.74) is 18.3. The maximum atomic E-state index is 6.02. The van der Waals surface area contributed by atoms with Crippen LogP contribution in [0.15, 0.2) is 45.3 Å². The van der Waals surface area contributed by atoms with Gasteiger partial charge in [0.2, 0.25) is 0 Å². The number of guanidine groups is 1. The van der Waals surface area contributed by atoms with Crippen LogP contribution in [-0.4, -0.2) is 37.3 Å². The molecular weight excluding hydrogens is 278 g/mol. The first-order valence-electron chi connectivity index (χ1n) is 7.19. The van der Waals surface area contributed by atoms with Crippen molar-refractivity contribution >= 4 is 23.2 Å². The largest absolute Gasteiger partial charge is 0.382 e. The molecule has 0 radical (unpaired) electrons. The molecule has 0 aliphatic carbocycles. The molecule has 0 saturated heterocycles. The van der Waals surface area contributed by atoms with Gasteiger partial charge in [0, 0.05) is 19.3 Å². The number of nitrogens with two attached hydrogens (primary N) is 3. The van der Waals surface area contributed by atoms with Gasteiger partial charge in [-0.3, -0.25) is 9.98 Å². The zero-order valence-electron chi connectivity index (χ0n) is 13.2. The number of para-hydroxylation sites is 1. The van der Waals surface area contributed by atoms with Crippen LogP contribution >= 0.6 is 0 Å². The van der Waals surface area contributed by atoms with E-state index in [4.69, 9.17) is 17.2 Å². The second kappa shape index (κ2) is 9.38. The van der Waals surface area contributed by atoms with E-state index in [2.05, 4.69) is 20.3 Å². The first-order chi connectivity index (χ1) is 10.5. The summed E-state index contributed by atoms with van der Waals surface area (Å²) in [5.74, 6) is 0.528. The molecule has 1 aromatic carbocycles. The molecule has 7 N–H and O–H groups in total. The van der Waals surface area contributed by atoms with E-state index >= 15 is 0 Å². The number of hydrogen-bond donors (Lipinski definition) is 4. The summed E-state index contributed by atoms with van der Waals surface area (Å²) in [6, 6.07) is 9.85. The van der Waals surface area contributed by atoms with Gasteiger partial charge in [-0.05, 0) is 31.9 Å². The van der Waals surface area contributed by atoms with Crippen LogP contribution in [0.5, 0.6) is 0 Å². The highest BCUT2D eigenvalue weighted by molar-refractivity contribution is 6.40. The fourth-order valence-electron chi connectivity index (χ4n) is 1.90. The van der Waals surface area contributed by atoms with Gasteiger partial charge in [0.1, 0.15) is 12.0 Å². The lowest BCUT2D eigenvalue weighted by Gasteiger charge is -2.13. The Morgan fingerprint density at radius 1 is 1.18 bits per heavy atom. The van der Waals surface area contributed by atoms with Crippen molar-refractivity contribution in [1.29, 1.82) is 0 Å². The molecule has 22 heavy (non-hydrogen) atoms. The molecule has 0 saturated carbocycles. The summed E-state index contributed by atoms with van der Waals surface area (Å²) in [6.45, 7) is 2.49. The van der Waals surface area contributed by atoms with E-state index in [9.17, 15) is 0 Å². The molecule has 0 heterocycles. The second-order valence-electron chi connectivity index (χ2n) is 4.78. The summed E-state index contributed by atoms with van der Waals surface area (Å²) < 4.78 is 0. The Morgan fingerprint density at radius 3 is 2.45 bits per heavy atom. The van der Waals surface area contributed by atoms with Crippen molar-refractivity contribution in [2.24, 2.45) is 32.2 Å². The number of nitrogens with one attached hydrogen (secondary N) is 1. The molecule has 7 heteroatoms. The molecule has 0 amide bonds. The lowest BCUT2D eigenvalue weighted by atomic mass is 10.2. The van der Waals surface area contributed by atoms with E-state index in [-0.39, 0.29) is 12.1 Å². The molecule has 120 valence electrons. The van der Waals surface area contributed by atoms with Crippen molar-refractivity contribution in [3.05, 3.63) is 30.3 Å². The summed E-state index contributed by atoms with van der Waals surface area (Å²) in [6.07, 6.45) is 1.30. The monoisotopic (exact) mass is 303 g/mol. The third kappa shape index (κ3) is 6.74. The van der Waals surface area contributed by atoms with Crippen molar-refractivity contribution in [3.8, 4) is 0 Å². The van der Waals surface area contributed by atoms with Gasteiger partial charge in [0.05, 0.1) is 5.71 Å². The minimum atomic E-state index is -0.142. The van der Waals surface area contributed by atoms with Crippen LogP contribution in [0.3, 0.4) is 0 Å². The fourth-order valence-corrected chi connectivity index (χ4v) is 1.90. The molecule has 7 nitrogen and oxygen atoms in total. The molecule has 1 rings (SSSR count). The van der Waals surface area contributed by atoms with Crippen LogP contribution in [0, 0.1) is 0 Å². The van der Waals surface area contributed by atoms with Crippen LogP contribution in [0.1, 0.15) is 19.8 Å². The highest BCUT2D eigenvalue weighted by atomic mass is 15.1. The minimum absolute atomic E-state index is 0.0947. The van der Waals surface area contributed by atoms with Crippen LogP contribution in [0.2, 0.25) is 0 Å². The van der Waals surface area contributed by atoms with Crippen molar-refractivity contribution in [2.45, 2.75) is 25.9 Å². The highest BCUT2D eigenvalue weighted by Crippen LogP contribution is 2.07. The summed E-state index contributed by atoms with van der Waals surface area (Å²) >= 11 is 0. The van der Waals surface area contributed by atoms with Crippen molar-refractivity contribution in [2.75, 3.05) is 18.9 Å². The van der Waals surface area contributed by atoms with E-state index in [1.54, 1.807) is 7.05 Å². The molecule has 1 atom stereocenters. The first-order valence-corrected chi connectivity index (χ1v) is 7.19. The Hall–Kier alpha value is -2.57. The predicted octanol–water partition coefficient (Wildman–Crippen LogP) is 0.926. The van der Waals surface area contributed by atoms with Gasteiger partial charge in [-0.25, -0.2) is 4.99 Å². The zero-order chi connectivity index (χ0) is 16.4. The SMILES string of the molecule is CN=C(CCCN=C(N)N)C(N)=NC(C)Nc1ccccc1. The van der Waals surface area contributed by atoms with E-state index in [1.807, 2.05) is 37.3 Å². The van der Waals surface area contributed by atoms with E-state index in [1.165, 1.54) is 0 Å². The van der Waals surface area contributed by atoms with Crippen molar-refractivity contribution in [1.82, 2.24) is 0 Å². The maximum Gasteiger partial charge on any atom is 0.185 e.